The molecule has 0 aliphatic heterocycles. The molecule has 0 fully saturated rings. The molecule has 0 saturated heterocycles. The van der Waals surface area contributed by atoms with Gasteiger partial charge in [-0.1, -0.05) is 6.07 Å². The van der Waals surface area contributed by atoms with Crippen molar-refractivity contribution < 1.29 is 4.79 Å². The first-order chi connectivity index (χ1) is 11.0. The SMILES string of the molecule is CN(C)c1ccc(C(=O)NCc2ccc3[nH]c(=O)[nH]c3c2)cc1. The second-order valence-corrected chi connectivity index (χ2v) is 5.58. The number of aromatic nitrogens is 2. The van der Waals surface area contributed by atoms with Crippen LogP contribution in [0.15, 0.2) is 47.3 Å². The van der Waals surface area contributed by atoms with Crippen molar-refractivity contribution in [3.05, 3.63) is 64.1 Å². The Bertz CT molecular complexity index is 891. The smallest absolute Gasteiger partial charge is 0.323 e. The Hall–Kier alpha value is -3.02. The number of carbonyl (C=O) groups is 1. The third kappa shape index (κ3) is 3.26. The van der Waals surface area contributed by atoms with Crippen molar-refractivity contribution in [1.82, 2.24) is 15.3 Å². The van der Waals surface area contributed by atoms with Gasteiger partial charge in [-0.25, -0.2) is 4.79 Å². The molecule has 2 aromatic carbocycles. The maximum atomic E-state index is 12.2. The number of hydrogen-bond acceptors (Lipinski definition) is 3. The summed E-state index contributed by atoms with van der Waals surface area (Å²) in [5, 5.41) is 2.88. The van der Waals surface area contributed by atoms with Crippen LogP contribution < -0.4 is 15.9 Å². The topological polar surface area (TPSA) is 81.0 Å². The van der Waals surface area contributed by atoms with E-state index in [0.717, 1.165) is 22.3 Å². The summed E-state index contributed by atoms with van der Waals surface area (Å²) in [6.45, 7) is 0.400. The fourth-order valence-corrected chi connectivity index (χ4v) is 2.39. The van der Waals surface area contributed by atoms with Gasteiger partial charge in [0, 0.05) is 31.9 Å². The zero-order valence-electron chi connectivity index (χ0n) is 13.0. The molecule has 0 unspecified atom stereocenters. The number of nitrogens with one attached hydrogen (secondary N) is 3. The number of rotatable bonds is 4. The van der Waals surface area contributed by atoms with Gasteiger partial charge in [-0.05, 0) is 42.0 Å². The van der Waals surface area contributed by atoms with Gasteiger partial charge < -0.3 is 20.2 Å². The van der Waals surface area contributed by atoms with Crippen LogP contribution in [-0.2, 0) is 6.54 Å². The summed E-state index contributed by atoms with van der Waals surface area (Å²) in [5.74, 6) is -0.127. The van der Waals surface area contributed by atoms with E-state index >= 15 is 0 Å². The van der Waals surface area contributed by atoms with Crippen molar-refractivity contribution in [2.75, 3.05) is 19.0 Å². The average Bonchev–Trinajstić information content (AvgIpc) is 2.92. The minimum Gasteiger partial charge on any atom is -0.378 e. The first-order valence-corrected chi connectivity index (χ1v) is 7.29. The van der Waals surface area contributed by atoms with Gasteiger partial charge in [-0.15, -0.1) is 0 Å². The van der Waals surface area contributed by atoms with Gasteiger partial charge in [0.05, 0.1) is 11.0 Å². The van der Waals surface area contributed by atoms with Gasteiger partial charge in [0.15, 0.2) is 0 Å². The lowest BCUT2D eigenvalue weighted by Crippen LogP contribution is -2.22. The summed E-state index contributed by atoms with van der Waals surface area (Å²) >= 11 is 0. The van der Waals surface area contributed by atoms with E-state index in [1.165, 1.54) is 0 Å². The maximum Gasteiger partial charge on any atom is 0.323 e. The van der Waals surface area contributed by atoms with Crippen molar-refractivity contribution >= 4 is 22.6 Å². The van der Waals surface area contributed by atoms with E-state index < -0.39 is 0 Å². The molecule has 0 bridgehead atoms. The Morgan fingerprint density at radius 3 is 2.43 bits per heavy atom. The molecule has 1 aromatic heterocycles. The third-order valence-corrected chi connectivity index (χ3v) is 3.68. The first kappa shape index (κ1) is 14.9. The van der Waals surface area contributed by atoms with Crippen LogP contribution >= 0.6 is 0 Å². The quantitative estimate of drug-likeness (QED) is 0.688. The maximum absolute atomic E-state index is 12.2. The van der Waals surface area contributed by atoms with Gasteiger partial charge in [-0.2, -0.15) is 0 Å². The zero-order chi connectivity index (χ0) is 16.4. The number of amides is 1. The van der Waals surface area contributed by atoms with E-state index in [1.807, 2.05) is 49.3 Å². The Labute approximate surface area is 133 Å². The molecule has 0 aliphatic rings. The van der Waals surface area contributed by atoms with Crippen molar-refractivity contribution in [3.8, 4) is 0 Å². The minimum absolute atomic E-state index is 0.127. The van der Waals surface area contributed by atoms with E-state index in [4.69, 9.17) is 0 Å². The number of imidazole rings is 1. The van der Waals surface area contributed by atoms with Crippen LogP contribution in [-0.4, -0.2) is 30.0 Å². The molecule has 1 heterocycles. The van der Waals surface area contributed by atoms with Crippen LogP contribution in [0.25, 0.3) is 11.0 Å². The van der Waals surface area contributed by atoms with E-state index in [2.05, 4.69) is 15.3 Å². The number of fused-ring (bicyclic) bond motifs is 1. The Morgan fingerprint density at radius 2 is 1.74 bits per heavy atom. The standard InChI is InChI=1S/C17H18N4O2/c1-21(2)13-6-4-12(5-7-13)16(22)18-10-11-3-8-14-15(9-11)20-17(23)19-14/h3-9H,10H2,1-2H3,(H,18,22)(H2,19,20,23). The molecule has 0 aliphatic carbocycles. The van der Waals surface area contributed by atoms with Crippen LogP contribution in [0.3, 0.4) is 0 Å². The number of anilines is 1. The number of benzene rings is 2. The molecule has 0 spiro atoms. The van der Waals surface area contributed by atoms with Gasteiger partial charge in [0.1, 0.15) is 0 Å². The van der Waals surface area contributed by atoms with Crippen molar-refractivity contribution in [2.24, 2.45) is 0 Å². The number of aromatic amines is 2. The van der Waals surface area contributed by atoms with Crippen LogP contribution in [0.1, 0.15) is 15.9 Å². The van der Waals surface area contributed by atoms with Crippen LogP contribution in [0.5, 0.6) is 0 Å². The Kier molecular flexibility index (Phi) is 3.89. The molecule has 3 rings (SSSR count). The second-order valence-electron chi connectivity index (χ2n) is 5.58. The second kappa shape index (κ2) is 6.00. The third-order valence-electron chi connectivity index (χ3n) is 3.68. The predicted octanol–water partition coefficient (Wildman–Crippen LogP) is 1.85. The van der Waals surface area contributed by atoms with Crippen LogP contribution in [0.2, 0.25) is 0 Å². The summed E-state index contributed by atoms with van der Waals surface area (Å²) in [5.41, 5.74) is 3.84. The molecule has 23 heavy (non-hydrogen) atoms. The zero-order valence-corrected chi connectivity index (χ0v) is 13.0. The summed E-state index contributed by atoms with van der Waals surface area (Å²) < 4.78 is 0. The van der Waals surface area contributed by atoms with Crippen molar-refractivity contribution in [1.29, 1.82) is 0 Å². The highest BCUT2D eigenvalue weighted by molar-refractivity contribution is 5.94. The lowest BCUT2D eigenvalue weighted by atomic mass is 10.1. The van der Waals surface area contributed by atoms with E-state index in [1.54, 1.807) is 12.1 Å². The molecule has 0 radical (unpaired) electrons. The summed E-state index contributed by atoms with van der Waals surface area (Å²) in [4.78, 5) is 30.8. The van der Waals surface area contributed by atoms with Crippen LogP contribution in [0.4, 0.5) is 5.69 Å². The van der Waals surface area contributed by atoms with Crippen LogP contribution in [0, 0.1) is 0 Å². The molecule has 3 N–H and O–H groups in total. The highest BCUT2D eigenvalue weighted by Crippen LogP contribution is 2.13. The summed E-state index contributed by atoms with van der Waals surface area (Å²) in [6.07, 6.45) is 0. The fourth-order valence-electron chi connectivity index (χ4n) is 2.39. The molecule has 118 valence electrons. The molecule has 6 heteroatoms. The fraction of sp³-hybridized carbons (Fsp3) is 0.176. The minimum atomic E-state index is -0.234. The summed E-state index contributed by atoms with van der Waals surface area (Å²) in [6, 6.07) is 13.0. The largest absolute Gasteiger partial charge is 0.378 e. The lowest BCUT2D eigenvalue weighted by Gasteiger charge is -2.12. The molecule has 6 nitrogen and oxygen atoms in total. The highest BCUT2D eigenvalue weighted by Gasteiger charge is 2.06. The Morgan fingerprint density at radius 1 is 1.04 bits per heavy atom. The van der Waals surface area contributed by atoms with E-state index in [9.17, 15) is 9.59 Å². The normalized spacial score (nSPS) is 10.7. The van der Waals surface area contributed by atoms with Crippen molar-refractivity contribution in [2.45, 2.75) is 6.54 Å². The average molecular weight is 310 g/mol. The number of carbonyl (C=O) groups excluding carboxylic acids is 1. The molecule has 3 aromatic rings. The number of hydrogen-bond donors (Lipinski definition) is 3. The molecular weight excluding hydrogens is 292 g/mol. The first-order valence-electron chi connectivity index (χ1n) is 7.29. The lowest BCUT2D eigenvalue weighted by molar-refractivity contribution is 0.0951. The predicted molar refractivity (Wildman–Crippen MR) is 90.9 cm³/mol. The van der Waals surface area contributed by atoms with Gasteiger partial charge >= 0.3 is 5.69 Å². The van der Waals surface area contributed by atoms with E-state index in [0.29, 0.717) is 12.1 Å². The van der Waals surface area contributed by atoms with Gasteiger partial charge in [0.2, 0.25) is 0 Å². The van der Waals surface area contributed by atoms with Gasteiger partial charge in [-0.3, -0.25) is 4.79 Å². The molecular formula is C17H18N4O2. The molecule has 1 amide bonds. The Balaban J connectivity index is 1.68. The molecule has 0 saturated carbocycles. The number of nitrogens with zero attached hydrogens (tertiary/aromatic N) is 1. The van der Waals surface area contributed by atoms with E-state index in [-0.39, 0.29) is 11.6 Å². The highest BCUT2D eigenvalue weighted by atomic mass is 16.1. The molecule has 0 atom stereocenters. The van der Waals surface area contributed by atoms with Gasteiger partial charge in [0.25, 0.3) is 5.91 Å². The van der Waals surface area contributed by atoms with Crippen molar-refractivity contribution in [3.63, 3.8) is 0 Å². The monoisotopic (exact) mass is 310 g/mol. The summed E-state index contributed by atoms with van der Waals surface area (Å²) in [7, 11) is 3.91. The number of H-pyrrole nitrogens is 2.